The van der Waals surface area contributed by atoms with Crippen LogP contribution in [0, 0.1) is 0 Å². The zero-order chi connectivity index (χ0) is 20.4. The molecule has 0 spiro atoms. The van der Waals surface area contributed by atoms with Gasteiger partial charge in [0.15, 0.2) is 6.10 Å². The molecule has 1 saturated heterocycles. The van der Waals surface area contributed by atoms with Crippen molar-refractivity contribution in [1.82, 2.24) is 9.88 Å². The summed E-state index contributed by atoms with van der Waals surface area (Å²) in [4.78, 5) is 31.1. The fourth-order valence-corrected chi connectivity index (χ4v) is 10.2. The van der Waals surface area contributed by atoms with Gasteiger partial charge in [-0.15, -0.1) is 0 Å². The normalized spacial score (nSPS) is 20.5. The van der Waals surface area contributed by atoms with Gasteiger partial charge in [0.1, 0.15) is 0 Å². The van der Waals surface area contributed by atoms with Crippen molar-refractivity contribution in [3.63, 3.8) is 0 Å². The van der Waals surface area contributed by atoms with Gasteiger partial charge in [-0.1, -0.05) is 48.5 Å². The van der Waals surface area contributed by atoms with Crippen LogP contribution in [0.15, 0.2) is 24.5 Å². The number of carbonyl (C=O) groups is 2. The van der Waals surface area contributed by atoms with Crippen LogP contribution < -0.4 is 0 Å². The molecule has 5 nitrogen and oxygen atoms in total. The molecule has 1 aromatic rings. The Hall–Kier alpha value is -1.53. The maximum absolute atomic E-state index is 13.0. The first-order chi connectivity index (χ1) is 12.7. The summed E-state index contributed by atoms with van der Waals surface area (Å²) in [6.45, 7) is 15.2. The van der Waals surface area contributed by atoms with Crippen LogP contribution in [0.2, 0.25) is 16.6 Å². The fraction of sp³-hybridized carbons (Fsp3) is 0.667. The molecule has 0 unspecified atom stereocenters. The van der Waals surface area contributed by atoms with Gasteiger partial charge in [-0.2, -0.15) is 0 Å². The Balaban J connectivity index is 2.42. The number of likely N-dealkylation sites (tertiary alicyclic amines) is 1. The highest BCUT2D eigenvalue weighted by Gasteiger charge is 2.57. The first-order valence-corrected chi connectivity index (χ1v) is 12.3. The lowest BCUT2D eigenvalue weighted by atomic mass is 9.91. The second kappa shape index (κ2) is 8.65. The minimum Gasteiger partial charge on any atom is -0.402 e. The topological polar surface area (TPSA) is 59.5 Å². The second-order valence-electron chi connectivity index (χ2n) is 8.43. The van der Waals surface area contributed by atoms with E-state index < -0.39 is 14.4 Å². The summed E-state index contributed by atoms with van der Waals surface area (Å²) in [6.07, 6.45) is 3.93. The molecule has 2 amide bonds. The Kier molecular flexibility index (Phi) is 6.97. The van der Waals surface area contributed by atoms with E-state index in [-0.39, 0.29) is 17.9 Å². The van der Waals surface area contributed by atoms with Crippen molar-refractivity contribution in [1.29, 1.82) is 0 Å². The minimum atomic E-state index is -2.23. The van der Waals surface area contributed by atoms with Crippen LogP contribution in [0.5, 0.6) is 0 Å². The van der Waals surface area contributed by atoms with Gasteiger partial charge < -0.3 is 4.43 Å². The molecule has 0 aliphatic carbocycles. The lowest BCUT2D eigenvalue weighted by Gasteiger charge is -2.52. The third-order valence-electron chi connectivity index (χ3n) is 5.86. The highest BCUT2D eigenvalue weighted by molar-refractivity contribution is 6.77. The number of hydrogen-bond donors (Lipinski definition) is 0. The van der Waals surface area contributed by atoms with E-state index in [1.807, 2.05) is 19.1 Å². The molecule has 0 N–H and O–H groups in total. The van der Waals surface area contributed by atoms with Gasteiger partial charge in [-0.05, 0) is 40.7 Å². The van der Waals surface area contributed by atoms with Crippen molar-refractivity contribution in [2.24, 2.45) is 0 Å². The van der Waals surface area contributed by atoms with Gasteiger partial charge in [-0.25, -0.2) is 0 Å². The maximum atomic E-state index is 13.0. The number of hydrogen-bond acceptors (Lipinski definition) is 4. The SMILES string of the molecule is CCCC(=O)N1C(=O)[C@H](O[Si](C(C)C)(C(C)C)C(C)C)[C@@H]1c1ccncc1. The third kappa shape index (κ3) is 3.87. The zero-order valence-electron chi connectivity index (χ0n) is 17.7. The van der Waals surface area contributed by atoms with Gasteiger partial charge in [0, 0.05) is 18.8 Å². The molecule has 0 saturated carbocycles. The monoisotopic (exact) mass is 390 g/mol. The second-order valence-corrected chi connectivity index (χ2v) is 13.8. The van der Waals surface area contributed by atoms with Crippen molar-refractivity contribution in [2.75, 3.05) is 0 Å². The Labute approximate surface area is 164 Å². The molecule has 2 rings (SSSR count). The van der Waals surface area contributed by atoms with E-state index in [0.29, 0.717) is 23.0 Å². The molecule has 1 fully saturated rings. The number of aromatic nitrogens is 1. The number of β-lactam (4-membered cyclic amide) rings is 1. The molecular formula is C21H34N2O3Si. The molecule has 0 bridgehead atoms. The molecule has 27 heavy (non-hydrogen) atoms. The Morgan fingerprint density at radius 3 is 2.07 bits per heavy atom. The molecule has 1 aromatic heterocycles. The summed E-state index contributed by atoms with van der Waals surface area (Å²) < 4.78 is 6.77. The van der Waals surface area contributed by atoms with Crippen LogP contribution in [-0.2, 0) is 14.0 Å². The van der Waals surface area contributed by atoms with Crippen LogP contribution >= 0.6 is 0 Å². The van der Waals surface area contributed by atoms with E-state index in [1.54, 1.807) is 12.4 Å². The molecular weight excluding hydrogens is 356 g/mol. The quantitative estimate of drug-likeness (QED) is 0.470. The van der Waals surface area contributed by atoms with E-state index in [2.05, 4.69) is 46.5 Å². The summed E-state index contributed by atoms with van der Waals surface area (Å²) >= 11 is 0. The van der Waals surface area contributed by atoms with Crippen LogP contribution in [-0.4, -0.2) is 36.1 Å². The Morgan fingerprint density at radius 2 is 1.63 bits per heavy atom. The molecule has 0 radical (unpaired) electrons. The molecule has 0 aromatic carbocycles. The van der Waals surface area contributed by atoms with Crippen LogP contribution in [0.25, 0.3) is 0 Å². The number of amides is 2. The zero-order valence-corrected chi connectivity index (χ0v) is 18.7. The summed E-state index contributed by atoms with van der Waals surface area (Å²) in [5, 5.41) is 0. The van der Waals surface area contributed by atoms with Crippen LogP contribution in [0.4, 0.5) is 0 Å². The van der Waals surface area contributed by atoms with Gasteiger partial charge >= 0.3 is 0 Å². The fourth-order valence-electron chi connectivity index (χ4n) is 4.70. The van der Waals surface area contributed by atoms with Crippen LogP contribution in [0.1, 0.15) is 72.9 Å². The summed E-state index contributed by atoms with van der Waals surface area (Å²) in [5.41, 5.74) is 2.05. The van der Waals surface area contributed by atoms with E-state index in [9.17, 15) is 9.59 Å². The van der Waals surface area contributed by atoms with Gasteiger partial charge in [0.2, 0.25) is 14.2 Å². The molecule has 6 heteroatoms. The number of nitrogens with zero attached hydrogens (tertiary/aromatic N) is 2. The molecule has 1 aliphatic heterocycles. The van der Waals surface area contributed by atoms with Crippen LogP contribution in [0.3, 0.4) is 0 Å². The van der Waals surface area contributed by atoms with Crippen molar-refractivity contribution >= 4 is 20.1 Å². The number of pyridine rings is 1. The largest absolute Gasteiger partial charge is 0.402 e. The van der Waals surface area contributed by atoms with Crippen molar-refractivity contribution in [2.45, 2.75) is 90.1 Å². The molecule has 1 aliphatic rings. The number of carbonyl (C=O) groups excluding carboxylic acids is 2. The standard InChI is InChI=1S/C21H34N2O3Si/c1-8-9-18(24)23-19(17-10-12-22-13-11-17)20(21(23)25)26-27(14(2)3,15(4)5)16(6)7/h10-16,19-20H,8-9H2,1-7H3/t19-,20+/m0/s1. The molecule has 2 atom stereocenters. The predicted molar refractivity (Wildman–Crippen MR) is 110 cm³/mol. The van der Waals surface area contributed by atoms with Gasteiger partial charge in [0.05, 0.1) is 6.04 Å². The average Bonchev–Trinajstić information content (AvgIpc) is 2.59. The van der Waals surface area contributed by atoms with E-state index in [4.69, 9.17) is 4.43 Å². The summed E-state index contributed by atoms with van der Waals surface area (Å²) in [6, 6.07) is 3.41. The van der Waals surface area contributed by atoms with E-state index in [1.165, 1.54) is 4.90 Å². The smallest absolute Gasteiger partial charge is 0.260 e. The predicted octanol–water partition coefficient (Wildman–Crippen LogP) is 4.85. The summed E-state index contributed by atoms with van der Waals surface area (Å²) in [7, 11) is -2.23. The Bertz CT molecular complexity index is 639. The minimum absolute atomic E-state index is 0.116. The first kappa shape index (κ1) is 21.8. The summed E-state index contributed by atoms with van der Waals surface area (Å²) in [5.74, 6) is -0.302. The third-order valence-corrected chi connectivity index (χ3v) is 11.9. The molecule has 150 valence electrons. The van der Waals surface area contributed by atoms with Gasteiger partial charge in [0.25, 0.3) is 5.91 Å². The van der Waals surface area contributed by atoms with E-state index >= 15 is 0 Å². The maximum Gasteiger partial charge on any atom is 0.260 e. The highest BCUT2D eigenvalue weighted by atomic mass is 28.4. The molecule has 2 heterocycles. The highest BCUT2D eigenvalue weighted by Crippen LogP contribution is 2.47. The first-order valence-electron chi connectivity index (χ1n) is 10.1. The van der Waals surface area contributed by atoms with Gasteiger partial charge in [-0.3, -0.25) is 19.5 Å². The Morgan fingerprint density at radius 1 is 1.11 bits per heavy atom. The lowest BCUT2D eigenvalue weighted by molar-refractivity contribution is -0.173. The van der Waals surface area contributed by atoms with Crippen molar-refractivity contribution in [3.8, 4) is 0 Å². The average molecular weight is 391 g/mol. The lowest BCUT2D eigenvalue weighted by Crippen LogP contribution is -2.66. The van der Waals surface area contributed by atoms with Crippen molar-refractivity contribution in [3.05, 3.63) is 30.1 Å². The number of imide groups is 1. The van der Waals surface area contributed by atoms with Crippen molar-refractivity contribution < 1.29 is 14.0 Å². The van der Waals surface area contributed by atoms with E-state index in [0.717, 1.165) is 12.0 Å². The number of rotatable bonds is 8.